The summed E-state index contributed by atoms with van der Waals surface area (Å²) >= 11 is 0. The molecule has 1 rings (SSSR count). The van der Waals surface area contributed by atoms with Crippen LogP contribution in [0.25, 0.3) is 0 Å². The summed E-state index contributed by atoms with van der Waals surface area (Å²) in [5.41, 5.74) is 1.05. The highest BCUT2D eigenvalue weighted by Gasteiger charge is 2.11. The van der Waals surface area contributed by atoms with E-state index in [1.54, 1.807) is 12.1 Å². The Morgan fingerprint density at radius 2 is 1.93 bits per heavy atom. The summed E-state index contributed by atoms with van der Waals surface area (Å²) in [4.78, 5) is 0. The van der Waals surface area contributed by atoms with E-state index in [0.717, 1.165) is 12.0 Å². The molecule has 3 heteroatoms. The van der Waals surface area contributed by atoms with Crippen LogP contribution in [0.1, 0.15) is 31.9 Å². The standard InChI is InChI=1S/C12H18FNO/c1-3-12(14-9(2)8-15)10-4-6-11(13)7-5-10/h4-7,9,12,14-15H,3,8H2,1-2H3/t9-,12+/m1/s1. The van der Waals surface area contributed by atoms with Gasteiger partial charge in [0, 0.05) is 12.1 Å². The Hall–Kier alpha value is -0.930. The van der Waals surface area contributed by atoms with Crippen molar-refractivity contribution >= 4 is 0 Å². The monoisotopic (exact) mass is 211 g/mol. The van der Waals surface area contributed by atoms with Gasteiger partial charge in [-0.3, -0.25) is 0 Å². The third-order valence-electron chi connectivity index (χ3n) is 2.44. The molecule has 0 saturated carbocycles. The van der Waals surface area contributed by atoms with Crippen molar-refractivity contribution in [1.29, 1.82) is 0 Å². The normalized spacial score (nSPS) is 14.9. The van der Waals surface area contributed by atoms with Gasteiger partial charge >= 0.3 is 0 Å². The fourth-order valence-corrected chi connectivity index (χ4v) is 1.54. The molecule has 0 bridgehead atoms. The summed E-state index contributed by atoms with van der Waals surface area (Å²) in [6.07, 6.45) is 0.913. The van der Waals surface area contributed by atoms with Crippen LogP contribution in [0.5, 0.6) is 0 Å². The predicted octanol–water partition coefficient (Wildman–Crippen LogP) is 2.25. The first-order valence-electron chi connectivity index (χ1n) is 5.29. The van der Waals surface area contributed by atoms with Crippen LogP contribution in [-0.2, 0) is 0 Å². The second-order valence-electron chi connectivity index (χ2n) is 3.76. The van der Waals surface area contributed by atoms with Crippen LogP contribution in [-0.4, -0.2) is 17.8 Å². The summed E-state index contributed by atoms with van der Waals surface area (Å²) in [6.45, 7) is 4.09. The van der Waals surface area contributed by atoms with Crippen molar-refractivity contribution in [3.8, 4) is 0 Å². The summed E-state index contributed by atoms with van der Waals surface area (Å²) in [6, 6.07) is 6.71. The molecule has 1 aromatic carbocycles. The second-order valence-corrected chi connectivity index (χ2v) is 3.76. The first-order chi connectivity index (χ1) is 7.17. The fraction of sp³-hybridized carbons (Fsp3) is 0.500. The van der Waals surface area contributed by atoms with Gasteiger partial charge in [-0.2, -0.15) is 0 Å². The van der Waals surface area contributed by atoms with Crippen LogP contribution in [0.3, 0.4) is 0 Å². The minimum atomic E-state index is -0.219. The summed E-state index contributed by atoms with van der Waals surface area (Å²) in [5.74, 6) is -0.219. The van der Waals surface area contributed by atoms with Crippen LogP contribution >= 0.6 is 0 Å². The van der Waals surface area contributed by atoms with E-state index in [1.165, 1.54) is 12.1 Å². The van der Waals surface area contributed by atoms with Gasteiger partial charge in [-0.05, 0) is 31.0 Å². The largest absolute Gasteiger partial charge is 0.395 e. The maximum atomic E-state index is 12.7. The van der Waals surface area contributed by atoms with Gasteiger partial charge in [-0.25, -0.2) is 4.39 Å². The zero-order valence-electron chi connectivity index (χ0n) is 9.20. The first-order valence-corrected chi connectivity index (χ1v) is 5.29. The maximum absolute atomic E-state index is 12.7. The highest BCUT2D eigenvalue weighted by Crippen LogP contribution is 2.17. The van der Waals surface area contributed by atoms with Crippen LogP contribution in [0.2, 0.25) is 0 Å². The maximum Gasteiger partial charge on any atom is 0.123 e. The summed E-state index contributed by atoms with van der Waals surface area (Å²) < 4.78 is 12.7. The van der Waals surface area contributed by atoms with Gasteiger partial charge in [0.05, 0.1) is 6.61 Å². The lowest BCUT2D eigenvalue weighted by Crippen LogP contribution is -2.32. The Kier molecular flexibility index (Phi) is 4.72. The topological polar surface area (TPSA) is 32.3 Å². The molecule has 84 valence electrons. The predicted molar refractivity (Wildman–Crippen MR) is 59.1 cm³/mol. The van der Waals surface area contributed by atoms with Gasteiger partial charge < -0.3 is 10.4 Å². The third-order valence-corrected chi connectivity index (χ3v) is 2.44. The van der Waals surface area contributed by atoms with Crippen molar-refractivity contribution in [2.75, 3.05) is 6.61 Å². The molecule has 0 aromatic heterocycles. The number of aliphatic hydroxyl groups excluding tert-OH is 1. The van der Waals surface area contributed by atoms with Crippen LogP contribution < -0.4 is 5.32 Å². The van der Waals surface area contributed by atoms with Crippen molar-refractivity contribution in [1.82, 2.24) is 5.32 Å². The Bertz CT molecular complexity index is 286. The average Bonchev–Trinajstić information content (AvgIpc) is 2.27. The Balaban J connectivity index is 2.69. The van der Waals surface area contributed by atoms with Gasteiger partial charge in [0.2, 0.25) is 0 Å². The van der Waals surface area contributed by atoms with E-state index in [1.807, 2.05) is 6.92 Å². The number of aliphatic hydroxyl groups is 1. The minimum Gasteiger partial charge on any atom is -0.395 e. The Labute approximate surface area is 90.1 Å². The molecule has 0 aliphatic carbocycles. The molecule has 0 heterocycles. The van der Waals surface area contributed by atoms with Gasteiger partial charge in [0.25, 0.3) is 0 Å². The lowest BCUT2D eigenvalue weighted by Gasteiger charge is -2.21. The van der Waals surface area contributed by atoms with Gasteiger partial charge in [0.1, 0.15) is 5.82 Å². The van der Waals surface area contributed by atoms with Gasteiger partial charge in [-0.1, -0.05) is 19.1 Å². The summed E-state index contributed by atoms with van der Waals surface area (Å²) in [7, 11) is 0. The zero-order valence-corrected chi connectivity index (χ0v) is 9.20. The minimum absolute atomic E-state index is 0.0556. The number of hydrogen-bond acceptors (Lipinski definition) is 2. The Morgan fingerprint density at radius 1 is 1.33 bits per heavy atom. The van der Waals surface area contributed by atoms with E-state index in [4.69, 9.17) is 5.11 Å². The molecule has 1 aromatic rings. The molecule has 2 atom stereocenters. The van der Waals surface area contributed by atoms with Crippen molar-refractivity contribution in [3.63, 3.8) is 0 Å². The molecule has 0 aliphatic rings. The number of nitrogens with one attached hydrogen (secondary N) is 1. The second kappa shape index (κ2) is 5.83. The molecule has 0 radical (unpaired) electrons. The van der Waals surface area contributed by atoms with Gasteiger partial charge in [0.15, 0.2) is 0 Å². The van der Waals surface area contributed by atoms with E-state index in [2.05, 4.69) is 12.2 Å². The average molecular weight is 211 g/mol. The van der Waals surface area contributed by atoms with E-state index in [-0.39, 0.29) is 24.5 Å². The van der Waals surface area contributed by atoms with E-state index in [0.29, 0.717) is 0 Å². The van der Waals surface area contributed by atoms with Crippen molar-refractivity contribution in [2.24, 2.45) is 0 Å². The molecular formula is C12H18FNO. The van der Waals surface area contributed by atoms with E-state index >= 15 is 0 Å². The number of hydrogen-bond donors (Lipinski definition) is 2. The quantitative estimate of drug-likeness (QED) is 0.783. The number of rotatable bonds is 5. The molecule has 0 fully saturated rings. The van der Waals surface area contributed by atoms with E-state index < -0.39 is 0 Å². The van der Waals surface area contributed by atoms with E-state index in [9.17, 15) is 4.39 Å². The summed E-state index contributed by atoms with van der Waals surface area (Å²) in [5, 5.41) is 12.2. The lowest BCUT2D eigenvalue weighted by atomic mass is 10.0. The fourth-order valence-electron chi connectivity index (χ4n) is 1.54. The van der Waals surface area contributed by atoms with Crippen LogP contribution in [0.15, 0.2) is 24.3 Å². The first kappa shape index (κ1) is 12.1. The molecule has 0 aliphatic heterocycles. The molecular weight excluding hydrogens is 193 g/mol. The van der Waals surface area contributed by atoms with Crippen LogP contribution in [0.4, 0.5) is 4.39 Å². The number of benzene rings is 1. The molecule has 2 nitrogen and oxygen atoms in total. The number of halogens is 1. The molecule has 0 unspecified atom stereocenters. The zero-order chi connectivity index (χ0) is 11.3. The molecule has 2 N–H and O–H groups in total. The molecule has 0 amide bonds. The molecule has 0 saturated heterocycles. The van der Waals surface area contributed by atoms with Crippen molar-refractivity contribution < 1.29 is 9.50 Å². The highest BCUT2D eigenvalue weighted by molar-refractivity contribution is 5.19. The third kappa shape index (κ3) is 3.61. The lowest BCUT2D eigenvalue weighted by molar-refractivity contribution is 0.239. The Morgan fingerprint density at radius 3 is 2.40 bits per heavy atom. The smallest absolute Gasteiger partial charge is 0.123 e. The van der Waals surface area contributed by atoms with Gasteiger partial charge in [-0.15, -0.1) is 0 Å². The van der Waals surface area contributed by atoms with Crippen LogP contribution in [0, 0.1) is 5.82 Å². The van der Waals surface area contributed by atoms with Crippen molar-refractivity contribution in [2.45, 2.75) is 32.4 Å². The van der Waals surface area contributed by atoms with Crippen molar-refractivity contribution in [3.05, 3.63) is 35.6 Å². The molecule has 15 heavy (non-hydrogen) atoms. The SMILES string of the molecule is CC[C@H](N[C@H](C)CO)c1ccc(F)cc1. The highest BCUT2D eigenvalue weighted by atomic mass is 19.1. The molecule has 0 spiro atoms.